The average Bonchev–Trinajstić information content (AvgIpc) is 2.65. The summed E-state index contributed by atoms with van der Waals surface area (Å²) in [6.45, 7) is 0. The molecule has 0 aliphatic heterocycles. The van der Waals surface area contributed by atoms with Crippen molar-refractivity contribution in [2.75, 3.05) is 17.9 Å². The Morgan fingerprint density at radius 3 is 2.62 bits per heavy atom. The maximum absolute atomic E-state index is 6.02. The van der Waals surface area contributed by atoms with Gasteiger partial charge in [-0.3, -0.25) is 0 Å². The van der Waals surface area contributed by atoms with E-state index >= 15 is 0 Å². The summed E-state index contributed by atoms with van der Waals surface area (Å²) >= 11 is 7.97. The zero-order valence-corrected chi connectivity index (χ0v) is 10.2. The van der Waals surface area contributed by atoms with Crippen LogP contribution in [0.3, 0.4) is 0 Å². The SMILES string of the molecule is CSCCCC(CCl)C1CCCC1. The van der Waals surface area contributed by atoms with E-state index in [1.807, 2.05) is 11.8 Å². The van der Waals surface area contributed by atoms with E-state index in [9.17, 15) is 0 Å². The molecule has 0 saturated heterocycles. The molecule has 0 heterocycles. The Kier molecular flexibility index (Phi) is 6.31. The Morgan fingerprint density at radius 1 is 1.38 bits per heavy atom. The van der Waals surface area contributed by atoms with Gasteiger partial charge in [0.1, 0.15) is 0 Å². The highest BCUT2D eigenvalue weighted by Gasteiger charge is 2.23. The quantitative estimate of drug-likeness (QED) is 0.478. The third-order valence-corrected chi connectivity index (χ3v) is 4.28. The number of alkyl halides is 1. The lowest BCUT2D eigenvalue weighted by atomic mass is 9.89. The summed E-state index contributed by atoms with van der Waals surface area (Å²) in [6, 6.07) is 0. The van der Waals surface area contributed by atoms with Crippen molar-refractivity contribution in [3.63, 3.8) is 0 Å². The van der Waals surface area contributed by atoms with Crippen molar-refractivity contribution in [2.24, 2.45) is 11.8 Å². The van der Waals surface area contributed by atoms with E-state index in [2.05, 4.69) is 6.26 Å². The van der Waals surface area contributed by atoms with Gasteiger partial charge >= 0.3 is 0 Å². The first-order valence-electron chi connectivity index (χ1n) is 5.43. The smallest absolute Gasteiger partial charge is 0.0254 e. The Balaban J connectivity index is 2.16. The second-order valence-electron chi connectivity index (χ2n) is 4.09. The van der Waals surface area contributed by atoms with Crippen molar-refractivity contribution < 1.29 is 0 Å². The Hall–Kier alpha value is 0.640. The minimum absolute atomic E-state index is 0.816. The van der Waals surface area contributed by atoms with E-state index in [0.29, 0.717) is 0 Å². The highest BCUT2D eigenvalue weighted by atomic mass is 35.5. The van der Waals surface area contributed by atoms with Gasteiger partial charge in [0.25, 0.3) is 0 Å². The molecule has 2 heteroatoms. The fourth-order valence-corrected chi connectivity index (χ4v) is 3.22. The molecule has 0 nitrogen and oxygen atoms in total. The predicted molar refractivity (Wildman–Crippen MR) is 63.8 cm³/mol. The Morgan fingerprint density at radius 2 is 2.08 bits per heavy atom. The van der Waals surface area contributed by atoms with Gasteiger partial charge in [-0.15, -0.1) is 11.6 Å². The molecule has 0 N–H and O–H groups in total. The zero-order valence-electron chi connectivity index (χ0n) is 8.60. The molecule has 0 radical (unpaired) electrons. The first-order chi connectivity index (χ1) is 6.38. The second-order valence-corrected chi connectivity index (χ2v) is 5.39. The summed E-state index contributed by atoms with van der Waals surface area (Å²) in [7, 11) is 0. The fourth-order valence-electron chi connectivity index (χ4n) is 2.36. The van der Waals surface area contributed by atoms with E-state index in [1.165, 1.54) is 44.3 Å². The van der Waals surface area contributed by atoms with Crippen molar-refractivity contribution >= 4 is 23.4 Å². The van der Waals surface area contributed by atoms with Gasteiger partial charge in [-0.2, -0.15) is 11.8 Å². The molecule has 0 spiro atoms. The largest absolute Gasteiger partial charge is 0.165 e. The molecule has 1 rings (SSSR count). The van der Waals surface area contributed by atoms with Gasteiger partial charge in [0.2, 0.25) is 0 Å². The van der Waals surface area contributed by atoms with Crippen molar-refractivity contribution in [3.05, 3.63) is 0 Å². The van der Waals surface area contributed by atoms with Crippen LogP contribution in [0.1, 0.15) is 38.5 Å². The Bertz CT molecular complexity index is 121. The van der Waals surface area contributed by atoms with Gasteiger partial charge in [-0.05, 0) is 36.7 Å². The zero-order chi connectivity index (χ0) is 9.52. The van der Waals surface area contributed by atoms with Crippen LogP contribution in [0, 0.1) is 11.8 Å². The molecular weight excluding hydrogens is 200 g/mol. The summed E-state index contributed by atoms with van der Waals surface area (Å²) < 4.78 is 0. The number of hydrogen-bond donors (Lipinski definition) is 0. The van der Waals surface area contributed by atoms with E-state index < -0.39 is 0 Å². The third kappa shape index (κ3) is 4.12. The molecule has 1 saturated carbocycles. The summed E-state index contributed by atoms with van der Waals surface area (Å²) in [5.74, 6) is 3.97. The van der Waals surface area contributed by atoms with Crippen LogP contribution in [0.4, 0.5) is 0 Å². The van der Waals surface area contributed by atoms with Crippen molar-refractivity contribution in [3.8, 4) is 0 Å². The molecule has 0 aromatic heterocycles. The maximum atomic E-state index is 6.02. The average molecular weight is 221 g/mol. The molecule has 0 amide bonds. The lowest BCUT2D eigenvalue weighted by Gasteiger charge is -2.20. The molecular formula is C11H21ClS. The van der Waals surface area contributed by atoms with E-state index in [1.54, 1.807) is 0 Å². The maximum Gasteiger partial charge on any atom is 0.0254 e. The monoisotopic (exact) mass is 220 g/mol. The minimum Gasteiger partial charge on any atom is -0.165 e. The second kappa shape index (κ2) is 7.00. The van der Waals surface area contributed by atoms with Crippen LogP contribution in [0.15, 0.2) is 0 Å². The predicted octanol–water partition coefficient (Wildman–Crippen LogP) is 4.17. The topological polar surface area (TPSA) is 0 Å². The van der Waals surface area contributed by atoms with E-state index in [-0.39, 0.29) is 0 Å². The number of halogens is 1. The first kappa shape index (κ1) is 11.7. The summed E-state index contributed by atoms with van der Waals surface area (Å²) in [5.41, 5.74) is 0. The minimum atomic E-state index is 0.816. The normalized spacial score (nSPS) is 20.8. The molecule has 0 aromatic rings. The molecule has 1 unspecified atom stereocenters. The van der Waals surface area contributed by atoms with Gasteiger partial charge in [-0.25, -0.2) is 0 Å². The molecule has 0 aromatic carbocycles. The van der Waals surface area contributed by atoms with E-state index in [4.69, 9.17) is 11.6 Å². The van der Waals surface area contributed by atoms with Gasteiger partial charge in [-0.1, -0.05) is 25.7 Å². The van der Waals surface area contributed by atoms with Gasteiger partial charge < -0.3 is 0 Å². The molecule has 1 atom stereocenters. The summed E-state index contributed by atoms with van der Waals surface area (Å²) in [6.07, 6.45) is 10.7. The highest BCUT2D eigenvalue weighted by Crippen LogP contribution is 2.34. The molecule has 13 heavy (non-hydrogen) atoms. The highest BCUT2D eigenvalue weighted by molar-refractivity contribution is 7.98. The van der Waals surface area contributed by atoms with Gasteiger partial charge in [0.05, 0.1) is 0 Å². The third-order valence-electron chi connectivity index (χ3n) is 3.19. The van der Waals surface area contributed by atoms with Crippen LogP contribution in [-0.4, -0.2) is 17.9 Å². The molecule has 78 valence electrons. The number of hydrogen-bond acceptors (Lipinski definition) is 1. The lowest BCUT2D eigenvalue weighted by molar-refractivity contribution is 0.348. The van der Waals surface area contributed by atoms with Gasteiger partial charge in [0.15, 0.2) is 0 Å². The lowest BCUT2D eigenvalue weighted by Crippen LogP contribution is -2.13. The number of rotatable bonds is 6. The van der Waals surface area contributed by atoms with Crippen LogP contribution in [-0.2, 0) is 0 Å². The van der Waals surface area contributed by atoms with Gasteiger partial charge in [0, 0.05) is 5.88 Å². The van der Waals surface area contributed by atoms with E-state index in [0.717, 1.165) is 17.7 Å². The standard InChI is InChI=1S/C11H21ClS/c1-13-8-4-7-11(9-12)10-5-2-3-6-10/h10-11H,2-9H2,1H3. The van der Waals surface area contributed by atoms with Crippen LogP contribution in [0.25, 0.3) is 0 Å². The van der Waals surface area contributed by atoms with Crippen LogP contribution < -0.4 is 0 Å². The van der Waals surface area contributed by atoms with Crippen molar-refractivity contribution in [1.29, 1.82) is 0 Å². The van der Waals surface area contributed by atoms with Crippen LogP contribution in [0.2, 0.25) is 0 Å². The summed E-state index contributed by atoms with van der Waals surface area (Å²) in [4.78, 5) is 0. The first-order valence-corrected chi connectivity index (χ1v) is 7.36. The molecule has 0 bridgehead atoms. The fraction of sp³-hybridized carbons (Fsp3) is 1.00. The van der Waals surface area contributed by atoms with Crippen molar-refractivity contribution in [1.82, 2.24) is 0 Å². The van der Waals surface area contributed by atoms with Crippen molar-refractivity contribution in [2.45, 2.75) is 38.5 Å². The molecule has 1 aliphatic rings. The van der Waals surface area contributed by atoms with Crippen LogP contribution >= 0.6 is 23.4 Å². The van der Waals surface area contributed by atoms with Crippen LogP contribution in [0.5, 0.6) is 0 Å². The molecule has 1 fully saturated rings. The Labute approximate surface area is 91.8 Å². The molecule has 1 aliphatic carbocycles. The number of thioether (sulfide) groups is 1. The summed E-state index contributed by atoms with van der Waals surface area (Å²) in [5, 5.41) is 0.